The molecule has 4 rings (SSSR count). The van der Waals surface area contributed by atoms with Crippen molar-refractivity contribution in [1.29, 1.82) is 0 Å². The molecule has 26 heavy (non-hydrogen) atoms. The molecule has 6 heteroatoms. The standard InChI is InChI=1S/C20H20N6/c1-3-15-12-22-26(14(15)2)19-10-8-18(9-11-19)25-13-20(23-24-25)16-4-6-17(21)7-5-16/h4-13H,3,21H2,1-2H3. The Balaban J connectivity index is 1.61. The Morgan fingerprint density at radius 3 is 2.31 bits per heavy atom. The van der Waals surface area contributed by atoms with E-state index >= 15 is 0 Å². The SMILES string of the molecule is CCc1cnn(-c2ccc(-n3cc(-c4ccc(N)cc4)nn3)cc2)c1C. The fourth-order valence-electron chi connectivity index (χ4n) is 2.97. The van der Waals surface area contributed by atoms with Crippen LogP contribution in [-0.2, 0) is 6.42 Å². The Hall–Kier alpha value is -3.41. The molecule has 130 valence electrons. The highest BCUT2D eigenvalue weighted by Gasteiger charge is 2.08. The molecule has 2 N–H and O–H groups in total. The van der Waals surface area contributed by atoms with Gasteiger partial charge < -0.3 is 5.73 Å². The van der Waals surface area contributed by atoms with Gasteiger partial charge in [-0.25, -0.2) is 9.36 Å². The van der Waals surface area contributed by atoms with E-state index in [0.29, 0.717) is 0 Å². The topological polar surface area (TPSA) is 74.5 Å². The maximum atomic E-state index is 5.74. The molecule has 0 bridgehead atoms. The number of hydrogen-bond acceptors (Lipinski definition) is 4. The molecule has 0 saturated heterocycles. The molecular weight excluding hydrogens is 324 g/mol. The predicted octanol–water partition coefficient (Wildman–Crippen LogP) is 3.57. The first-order valence-electron chi connectivity index (χ1n) is 8.58. The molecule has 6 nitrogen and oxygen atoms in total. The molecule has 4 aromatic rings. The summed E-state index contributed by atoms with van der Waals surface area (Å²) in [5.74, 6) is 0. The Morgan fingerprint density at radius 1 is 0.962 bits per heavy atom. The predicted molar refractivity (Wildman–Crippen MR) is 102 cm³/mol. The van der Waals surface area contributed by atoms with Crippen LogP contribution >= 0.6 is 0 Å². The fourth-order valence-corrected chi connectivity index (χ4v) is 2.97. The lowest BCUT2D eigenvalue weighted by Crippen LogP contribution is -2.01. The Bertz CT molecular complexity index is 1030. The summed E-state index contributed by atoms with van der Waals surface area (Å²) in [7, 11) is 0. The fraction of sp³-hybridized carbons (Fsp3) is 0.150. The molecule has 2 heterocycles. The zero-order chi connectivity index (χ0) is 18.1. The molecule has 0 amide bonds. The van der Waals surface area contributed by atoms with Gasteiger partial charge in [-0.15, -0.1) is 5.10 Å². The van der Waals surface area contributed by atoms with Crippen molar-refractivity contribution < 1.29 is 0 Å². The number of nitrogen functional groups attached to an aromatic ring is 1. The first kappa shape index (κ1) is 16.1. The number of nitrogens with two attached hydrogens (primary N) is 1. The lowest BCUT2D eigenvalue weighted by molar-refractivity contribution is 0.800. The number of hydrogen-bond donors (Lipinski definition) is 1. The van der Waals surface area contributed by atoms with E-state index in [-0.39, 0.29) is 0 Å². The van der Waals surface area contributed by atoms with Gasteiger partial charge in [-0.3, -0.25) is 0 Å². The largest absolute Gasteiger partial charge is 0.399 e. The molecule has 0 aliphatic heterocycles. The first-order chi connectivity index (χ1) is 12.7. The molecule has 0 radical (unpaired) electrons. The normalized spacial score (nSPS) is 11.0. The summed E-state index contributed by atoms with van der Waals surface area (Å²) in [6, 6.07) is 15.7. The van der Waals surface area contributed by atoms with Crippen LogP contribution in [-0.4, -0.2) is 24.8 Å². The van der Waals surface area contributed by atoms with Gasteiger partial charge in [-0.1, -0.05) is 24.3 Å². The molecule has 0 aliphatic carbocycles. The van der Waals surface area contributed by atoms with E-state index in [4.69, 9.17) is 5.73 Å². The van der Waals surface area contributed by atoms with Gasteiger partial charge in [0, 0.05) is 16.9 Å². The summed E-state index contributed by atoms with van der Waals surface area (Å²) in [6.45, 7) is 4.23. The second-order valence-corrected chi connectivity index (χ2v) is 6.21. The average molecular weight is 344 g/mol. The zero-order valence-electron chi connectivity index (χ0n) is 14.8. The molecule has 0 atom stereocenters. The Morgan fingerprint density at radius 2 is 1.65 bits per heavy atom. The van der Waals surface area contributed by atoms with Crippen molar-refractivity contribution in [1.82, 2.24) is 24.8 Å². The number of anilines is 1. The zero-order valence-corrected chi connectivity index (χ0v) is 14.8. The molecular formula is C20H20N6. The minimum atomic E-state index is 0.733. The molecule has 2 aromatic heterocycles. The molecule has 0 saturated carbocycles. The van der Waals surface area contributed by atoms with Crippen molar-refractivity contribution >= 4 is 5.69 Å². The van der Waals surface area contributed by atoms with Crippen molar-refractivity contribution in [3.63, 3.8) is 0 Å². The van der Waals surface area contributed by atoms with Gasteiger partial charge >= 0.3 is 0 Å². The van der Waals surface area contributed by atoms with Gasteiger partial charge in [0.1, 0.15) is 5.69 Å². The second kappa shape index (κ2) is 6.48. The quantitative estimate of drug-likeness (QED) is 0.574. The van der Waals surface area contributed by atoms with Crippen LogP contribution < -0.4 is 5.73 Å². The lowest BCUT2D eigenvalue weighted by Gasteiger charge is -2.06. The minimum Gasteiger partial charge on any atom is -0.399 e. The van der Waals surface area contributed by atoms with E-state index in [9.17, 15) is 0 Å². The highest BCUT2D eigenvalue weighted by atomic mass is 15.4. The molecule has 0 spiro atoms. The van der Waals surface area contributed by atoms with Crippen molar-refractivity contribution in [3.05, 3.63) is 72.2 Å². The lowest BCUT2D eigenvalue weighted by atomic mass is 10.1. The average Bonchev–Trinajstić information content (AvgIpc) is 3.29. The van der Waals surface area contributed by atoms with Crippen molar-refractivity contribution in [3.8, 4) is 22.6 Å². The maximum Gasteiger partial charge on any atom is 0.113 e. The van der Waals surface area contributed by atoms with Gasteiger partial charge in [-0.2, -0.15) is 5.10 Å². The van der Waals surface area contributed by atoms with E-state index in [0.717, 1.165) is 34.7 Å². The summed E-state index contributed by atoms with van der Waals surface area (Å²) >= 11 is 0. The van der Waals surface area contributed by atoms with Crippen LogP contribution in [0.15, 0.2) is 60.9 Å². The highest BCUT2D eigenvalue weighted by Crippen LogP contribution is 2.20. The van der Waals surface area contributed by atoms with Crippen LogP contribution in [0.25, 0.3) is 22.6 Å². The number of rotatable bonds is 4. The third kappa shape index (κ3) is 2.86. The molecule has 0 unspecified atom stereocenters. The molecule has 0 aliphatic rings. The van der Waals surface area contributed by atoms with E-state index in [2.05, 4.69) is 29.3 Å². The van der Waals surface area contributed by atoms with Gasteiger partial charge in [0.2, 0.25) is 0 Å². The van der Waals surface area contributed by atoms with Crippen molar-refractivity contribution in [2.75, 3.05) is 5.73 Å². The summed E-state index contributed by atoms with van der Waals surface area (Å²) in [4.78, 5) is 0. The minimum absolute atomic E-state index is 0.733. The van der Waals surface area contributed by atoms with E-state index < -0.39 is 0 Å². The Kier molecular flexibility index (Phi) is 4.01. The first-order valence-corrected chi connectivity index (χ1v) is 8.58. The van der Waals surface area contributed by atoms with Crippen LogP contribution in [0.3, 0.4) is 0 Å². The smallest absolute Gasteiger partial charge is 0.113 e. The van der Waals surface area contributed by atoms with Crippen molar-refractivity contribution in [2.45, 2.75) is 20.3 Å². The molecule has 2 aromatic carbocycles. The number of benzene rings is 2. The van der Waals surface area contributed by atoms with Crippen LogP contribution in [0, 0.1) is 6.92 Å². The third-order valence-corrected chi connectivity index (χ3v) is 4.55. The number of aryl methyl sites for hydroxylation is 1. The summed E-state index contributed by atoms with van der Waals surface area (Å²) in [6.07, 6.45) is 4.82. The monoisotopic (exact) mass is 344 g/mol. The highest BCUT2D eigenvalue weighted by molar-refractivity contribution is 5.61. The van der Waals surface area contributed by atoms with Gasteiger partial charge in [0.05, 0.1) is 23.8 Å². The third-order valence-electron chi connectivity index (χ3n) is 4.55. The van der Waals surface area contributed by atoms with Crippen LogP contribution in [0.1, 0.15) is 18.2 Å². The van der Waals surface area contributed by atoms with Crippen LogP contribution in [0.5, 0.6) is 0 Å². The summed E-state index contributed by atoms with van der Waals surface area (Å²) in [5, 5.41) is 13.0. The van der Waals surface area contributed by atoms with Crippen molar-refractivity contribution in [2.24, 2.45) is 0 Å². The van der Waals surface area contributed by atoms with Crippen LogP contribution in [0.4, 0.5) is 5.69 Å². The van der Waals surface area contributed by atoms with Crippen LogP contribution in [0.2, 0.25) is 0 Å². The van der Waals surface area contributed by atoms with E-state index in [1.54, 1.807) is 4.68 Å². The molecule has 0 fully saturated rings. The maximum absolute atomic E-state index is 5.74. The van der Waals surface area contributed by atoms with E-state index in [1.165, 1.54) is 11.3 Å². The summed E-state index contributed by atoms with van der Waals surface area (Å²) < 4.78 is 3.73. The van der Waals surface area contributed by atoms with Gasteiger partial charge in [0.15, 0.2) is 0 Å². The van der Waals surface area contributed by atoms with Gasteiger partial charge in [0.25, 0.3) is 0 Å². The number of aromatic nitrogens is 5. The van der Waals surface area contributed by atoms with E-state index in [1.807, 2.05) is 65.6 Å². The Labute approximate surface area is 151 Å². The van der Waals surface area contributed by atoms with Gasteiger partial charge in [-0.05, 0) is 55.3 Å². The second-order valence-electron chi connectivity index (χ2n) is 6.21. The summed E-state index contributed by atoms with van der Waals surface area (Å²) in [5.41, 5.74) is 12.7. The number of nitrogens with zero attached hydrogens (tertiary/aromatic N) is 5.